The molecule has 1 heterocycles. The molecule has 0 fully saturated rings. The standard InChI is InChI=1S/C15H14N2O3S/c16-15(17-18)11-3-1-2-4-14(11)21-10-5-6-12-13(9-10)20-8-7-19-12/h1-6,9,18H,7-8H2,(H2,16,17). The van der Waals surface area contributed by atoms with Gasteiger partial charge in [-0.3, -0.25) is 0 Å². The number of fused-ring (bicyclic) bond motifs is 1. The van der Waals surface area contributed by atoms with Gasteiger partial charge in [-0.25, -0.2) is 0 Å². The average Bonchev–Trinajstić information content (AvgIpc) is 2.54. The largest absolute Gasteiger partial charge is 0.486 e. The summed E-state index contributed by atoms with van der Waals surface area (Å²) in [6, 6.07) is 13.3. The van der Waals surface area contributed by atoms with Crippen molar-refractivity contribution in [3.63, 3.8) is 0 Å². The summed E-state index contributed by atoms with van der Waals surface area (Å²) in [5.74, 6) is 1.60. The summed E-state index contributed by atoms with van der Waals surface area (Å²) in [5.41, 5.74) is 6.40. The molecule has 5 nitrogen and oxygen atoms in total. The Bertz CT molecular complexity index is 688. The van der Waals surface area contributed by atoms with E-state index < -0.39 is 0 Å². The molecule has 1 aliphatic rings. The minimum Gasteiger partial charge on any atom is -0.486 e. The Labute approximate surface area is 126 Å². The van der Waals surface area contributed by atoms with Crippen LogP contribution in [-0.4, -0.2) is 24.3 Å². The quantitative estimate of drug-likeness (QED) is 0.394. The van der Waals surface area contributed by atoms with Crippen molar-refractivity contribution >= 4 is 17.6 Å². The molecule has 0 radical (unpaired) electrons. The Morgan fingerprint density at radius 3 is 2.67 bits per heavy atom. The number of ether oxygens (including phenoxy) is 2. The fraction of sp³-hybridized carbons (Fsp3) is 0.133. The van der Waals surface area contributed by atoms with Crippen molar-refractivity contribution in [2.24, 2.45) is 10.9 Å². The highest BCUT2D eigenvalue weighted by atomic mass is 32.2. The molecule has 0 aromatic heterocycles. The lowest BCUT2D eigenvalue weighted by molar-refractivity contribution is 0.171. The highest BCUT2D eigenvalue weighted by molar-refractivity contribution is 7.99. The van der Waals surface area contributed by atoms with E-state index in [1.54, 1.807) is 0 Å². The molecule has 1 aliphatic heterocycles. The fourth-order valence-electron chi connectivity index (χ4n) is 2.04. The Kier molecular flexibility index (Phi) is 3.87. The maximum atomic E-state index is 8.85. The topological polar surface area (TPSA) is 77.1 Å². The minimum absolute atomic E-state index is 0.0932. The normalized spacial score (nSPS) is 14.0. The Morgan fingerprint density at radius 1 is 1.10 bits per heavy atom. The van der Waals surface area contributed by atoms with Crippen molar-refractivity contribution in [3.8, 4) is 11.5 Å². The molecule has 6 heteroatoms. The third-order valence-corrected chi connectivity index (χ3v) is 4.08. The molecule has 0 saturated heterocycles. The van der Waals surface area contributed by atoms with Crippen LogP contribution in [0.1, 0.15) is 5.56 Å². The third kappa shape index (κ3) is 2.90. The number of amidine groups is 1. The molecule has 3 rings (SSSR count). The van der Waals surface area contributed by atoms with Gasteiger partial charge in [-0.15, -0.1) is 0 Å². The van der Waals surface area contributed by atoms with Crippen molar-refractivity contribution < 1.29 is 14.7 Å². The zero-order valence-electron chi connectivity index (χ0n) is 11.2. The molecule has 0 aliphatic carbocycles. The van der Waals surface area contributed by atoms with Gasteiger partial charge in [0.05, 0.1) is 0 Å². The van der Waals surface area contributed by atoms with E-state index in [9.17, 15) is 0 Å². The van der Waals surface area contributed by atoms with Gasteiger partial charge in [0.2, 0.25) is 0 Å². The maximum absolute atomic E-state index is 8.85. The van der Waals surface area contributed by atoms with Gasteiger partial charge >= 0.3 is 0 Å². The highest BCUT2D eigenvalue weighted by Gasteiger charge is 2.13. The van der Waals surface area contributed by atoms with Gasteiger partial charge in [0.15, 0.2) is 17.3 Å². The van der Waals surface area contributed by atoms with E-state index >= 15 is 0 Å². The lowest BCUT2D eigenvalue weighted by Gasteiger charge is -2.18. The molecule has 0 bridgehead atoms. The van der Waals surface area contributed by atoms with E-state index in [0.29, 0.717) is 18.8 Å². The summed E-state index contributed by atoms with van der Waals surface area (Å²) in [7, 11) is 0. The van der Waals surface area contributed by atoms with E-state index in [2.05, 4.69) is 5.16 Å². The number of benzene rings is 2. The second kappa shape index (κ2) is 5.97. The number of nitrogens with two attached hydrogens (primary N) is 1. The van der Waals surface area contributed by atoms with Crippen LogP contribution >= 0.6 is 11.8 Å². The first-order chi connectivity index (χ1) is 10.3. The van der Waals surface area contributed by atoms with E-state index in [0.717, 1.165) is 21.3 Å². The van der Waals surface area contributed by atoms with Gasteiger partial charge in [0, 0.05) is 15.4 Å². The first-order valence-corrected chi connectivity index (χ1v) is 7.24. The first kappa shape index (κ1) is 13.6. The SMILES string of the molecule is N/C(=N/O)c1ccccc1Sc1ccc2c(c1)OCCO2. The first-order valence-electron chi connectivity index (χ1n) is 6.42. The molecule has 0 amide bonds. The zero-order chi connectivity index (χ0) is 14.7. The van der Waals surface area contributed by atoms with Crippen LogP contribution < -0.4 is 15.2 Å². The molecular formula is C15H14N2O3S. The van der Waals surface area contributed by atoms with Crippen molar-refractivity contribution in [1.29, 1.82) is 0 Å². The monoisotopic (exact) mass is 302 g/mol. The summed E-state index contributed by atoms with van der Waals surface area (Å²) < 4.78 is 11.1. The van der Waals surface area contributed by atoms with Crippen LogP contribution in [0.5, 0.6) is 11.5 Å². The molecule has 108 valence electrons. The fourth-order valence-corrected chi connectivity index (χ4v) is 3.02. The number of nitrogens with zero attached hydrogens (tertiary/aromatic N) is 1. The Hall–Kier alpha value is -2.34. The van der Waals surface area contributed by atoms with Crippen molar-refractivity contribution in [1.82, 2.24) is 0 Å². The molecule has 2 aromatic rings. The maximum Gasteiger partial charge on any atom is 0.171 e. The lowest BCUT2D eigenvalue weighted by Crippen LogP contribution is -2.15. The molecule has 3 N–H and O–H groups in total. The second-order valence-corrected chi connectivity index (χ2v) is 5.50. The van der Waals surface area contributed by atoms with Gasteiger partial charge in [-0.1, -0.05) is 35.1 Å². The van der Waals surface area contributed by atoms with Crippen molar-refractivity contribution in [3.05, 3.63) is 48.0 Å². The summed E-state index contributed by atoms with van der Waals surface area (Å²) >= 11 is 1.52. The minimum atomic E-state index is 0.0932. The van der Waals surface area contributed by atoms with Gasteiger partial charge in [0.25, 0.3) is 0 Å². The van der Waals surface area contributed by atoms with Crippen LogP contribution in [0.25, 0.3) is 0 Å². The number of hydrogen-bond acceptors (Lipinski definition) is 5. The molecule has 0 unspecified atom stereocenters. The molecule has 0 saturated carbocycles. The molecule has 21 heavy (non-hydrogen) atoms. The predicted molar refractivity (Wildman–Crippen MR) is 80.5 cm³/mol. The highest BCUT2D eigenvalue weighted by Crippen LogP contribution is 2.37. The number of rotatable bonds is 3. The van der Waals surface area contributed by atoms with E-state index in [1.807, 2.05) is 42.5 Å². The second-order valence-electron chi connectivity index (χ2n) is 4.39. The Balaban J connectivity index is 1.90. The molecule has 0 spiro atoms. The van der Waals surface area contributed by atoms with Crippen molar-refractivity contribution in [2.75, 3.05) is 13.2 Å². The van der Waals surface area contributed by atoms with Crippen LogP contribution in [0.2, 0.25) is 0 Å². The smallest absolute Gasteiger partial charge is 0.171 e. The van der Waals surface area contributed by atoms with Gasteiger partial charge < -0.3 is 20.4 Å². The van der Waals surface area contributed by atoms with Crippen LogP contribution in [-0.2, 0) is 0 Å². The summed E-state index contributed by atoms with van der Waals surface area (Å²) in [6.45, 7) is 1.13. The molecule has 2 aromatic carbocycles. The van der Waals surface area contributed by atoms with Gasteiger partial charge in [0.1, 0.15) is 13.2 Å². The van der Waals surface area contributed by atoms with Crippen LogP contribution in [0.4, 0.5) is 0 Å². The molecular weight excluding hydrogens is 288 g/mol. The summed E-state index contributed by atoms with van der Waals surface area (Å²) in [5, 5.41) is 11.9. The van der Waals surface area contributed by atoms with Crippen molar-refractivity contribution in [2.45, 2.75) is 9.79 Å². The van der Waals surface area contributed by atoms with Crippen LogP contribution in [0.15, 0.2) is 57.4 Å². The Morgan fingerprint density at radius 2 is 1.86 bits per heavy atom. The predicted octanol–water partition coefficient (Wildman–Crippen LogP) is 2.70. The van der Waals surface area contributed by atoms with E-state index in [4.69, 9.17) is 20.4 Å². The zero-order valence-corrected chi connectivity index (χ0v) is 12.0. The number of hydrogen-bond donors (Lipinski definition) is 2. The summed E-state index contributed by atoms with van der Waals surface area (Å²) in [6.07, 6.45) is 0. The molecule has 0 atom stereocenters. The van der Waals surface area contributed by atoms with Crippen LogP contribution in [0, 0.1) is 0 Å². The van der Waals surface area contributed by atoms with E-state index in [-0.39, 0.29) is 5.84 Å². The average molecular weight is 302 g/mol. The third-order valence-electron chi connectivity index (χ3n) is 3.01. The lowest BCUT2D eigenvalue weighted by atomic mass is 10.2. The number of oxime groups is 1. The van der Waals surface area contributed by atoms with Crippen LogP contribution in [0.3, 0.4) is 0 Å². The van der Waals surface area contributed by atoms with E-state index in [1.165, 1.54) is 11.8 Å². The van der Waals surface area contributed by atoms with Gasteiger partial charge in [-0.2, -0.15) is 0 Å². The summed E-state index contributed by atoms with van der Waals surface area (Å²) in [4.78, 5) is 1.90. The van der Waals surface area contributed by atoms with Gasteiger partial charge in [-0.05, 0) is 24.3 Å².